The third-order valence-corrected chi connectivity index (χ3v) is 1.07. The van der Waals surface area contributed by atoms with Gasteiger partial charge in [-0.3, -0.25) is 0 Å². The standard InChI is InChI=1S/C5H9ClO3/c1-3-9-5(2,6)4(7)8/h3H2,1-2H3,(H,7,8). The van der Waals surface area contributed by atoms with Crippen LogP contribution in [0.2, 0.25) is 0 Å². The van der Waals surface area contributed by atoms with Gasteiger partial charge in [-0.2, -0.15) is 0 Å². The number of carboxylic acid groups (broad SMARTS) is 1. The van der Waals surface area contributed by atoms with Crippen LogP contribution in [-0.4, -0.2) is 22.7 Å². The van der Waals surface area contributed by atoms with Gasteiger partial charge in [-0.05, 0) is 13.8 Å². The summed E-state index contributed by atoms with van der Waals surface area (Å²) in [5.74, 6) is -1.16. The van der Waals surface area contributed by atoms with Crippen molar-refractivity contribution < 1.29 is 14.6 Å². The summed E-state index contributed by atoms with van der Waals surface area (Å²) in [6.07, 6.45) is 0. The minimum Gasteiger partial charge on any atom is -0.478 e. The van der Waals surface area contributed by atoms with Crippen molar-refractivity contribution in [2.24, 2.45) is 0 Å². The van der Waals surface area contributed by atoms with Crippen molar-refractivity contribution in [3.05, 3.63) is 0 Å². The van der Waals surface area contributed by atoms with E-state index in [1.54, 1.807) is 6.92 Å². The van der Waals surface area contributed by atoms with E-state index in [0.29, 0.717) is 6.61 Å². The molecule has 0 rings (SSSR count). The number of alkyl halides is 1. The summed E-state index contributed by atoms with van der Waals surface area (Å²) in [5.41, 5.74) is 0. The third kappa shape index (κ3) is 2.67. The maximum Gasteiger partial charge on any atom is 0.351 e. The van der Waals surface area contributed by atoms with Crippen LogP contribution in [0.1, 0.15) is 13.8 Å². The first-order valence-corrected chi connectivity index (χ1v) is 2.94. The number of halogens is 1. The molecule has 0 saturated heterocycles. The molecule has 0 aromatic rings. The second-order valence-corrected chi connectivity index (χ2v) is 2.38. The minimum absolute atomic E-state index is 0.298. The monoisotopic (exact) mass is 152 g/mol. The highest BCUT2D eigenvalue weighted by atomic mass is 35.5. The Hall–Kier alpha value is -0.280. The molecule has 0 bridgehead atoms. The van der Waals surface area contributed by atoms with Gasteiger partial charge in [0.2, 0.25) is 5.06 Å². The molecule has 0 spiro atoms. The molecule has 1 N–H and O–H groups in total. The molecule has 0 aliphatic rings. The van der Waals surface area contributed by atoms with E-state index in [9.17, 15) is 4.79 Å². The maximum atomic E-state index is 10.2. The highest BCUT2D eigenvalue weighted by molar-refractivity contribution is 6.32. The van der Waals surface area contributed by atoms with Crippen LogP contribution >= 0.6 is 11.6 Å². The molecule has 0 fully saturated rings. The SMILES string of the molecule is CCOC(C)(Cl)C(=O)O. The Morgan fingerprint density at radius 3 is 2.44 bits per heavy atom. The molecule has 4 heteroatoms. The number of hydrogen-bond acceptors (Lipinski definition) is 2. The molecule has 0 aliphatic carbocycles. The summed E-state index contributed by atoms with van der Waals surface area (Å²) in [6.45, 7) is 3.27. The van der Waals surface area contributed by atoms with E-state index in [2.05, 4.69) is 4.74 Å². The molecule has 0 aliphatic heterocycles. The molecule has 0 saturated carbocycles. The first-order chi connectivity index (χ1) is 4.00. The van der Waals surface area contributed by atoms with Crippen molar-refractivity contribution in [2.45, 2.75) is 18.9 Å². The first kappa shape index (κ1) is 8.72. The van der Waals surface area contributed by atoms with Gasteiger partial charge in [0.25, 0.3) is 0 Å². The number of rotatable bonds is 3. The lowest BCUT2D eigenvalue weighted by Gasteiger charge is -2.15. The molecule has 0 aromatic heterocycles. The van der Waals surface area contributed by atoms with Crippen LogP contribution in [0.15, 0.2) is 0 Å². The molecule has 0 amide bonds. The Balaban J connectivity index is 3.85. The Bertz CT molecular complexity index is 111. The van der Waals surface area contributed by atoms with E-state index in [4.69, 9.17) is 16.7 Å². The van der Waals surface area contributed by atoms with E-state index >= 15 is 0 Å². The van der Waals surface area contributed by atoms with Crippen LogP contribution in [-0.2, 0) is 9.53 Å². The van der Waals surface area contributed by atoms with Crippen molar-refractivity contribution in [2.75, 3.05) is 6.61 Å². The zero-order chi connectivity index (χ0) is 7.49. The van der Waals surface area contributed by atoms with Crippen molar-refractivity contribution in [1.82, 2.24) is 0 Å². The van der Waals surface area contributed by atoms with Gasteiger partial charge < -0.3 is 9.84 Å². The lowest BCUT2D eigenvalue weighted by atomic mass is 10.4. The predicted octanol–water partition coefficient (Wildman–Crippen LogP) is 1.06. The summed E-state index contributed by atoms with van der Waals surface area (Å²) in [5, 5.41) is 6.75. The van der Waals surface area contributed by atoms with Gasteiger partial charge in [-0.15, -0.1) is 0 Å². The fraction of sp³-hybridized carbons (Fsp3) is 0.800. The fourth-order valence-electron chi connectivity index (χ4n) is 0.333. The molecule has 0 heterocycles. The quantitative estimate of drug-likeness (QED) is 0.616. The molecule has 1 atom stereocenters. The van der Waals surface area contributed by atoms with Crippen LogP contribution in [0.25, 0.3) is 0 Å². The Kier molecular flexibility index (Phi) is 2.94. The Morgan fingerprint density at radius 1 is 1.89 bits per heavy atom. The second-order valence-electron chi connectivity index (χ2n) is 1.65. The first-order valence-electron chi connectivity index (χ1n) is 2.57. The Morgan fingerprint density at radius 2 is 2.33 bits per heavy atom. The summed E-state index contributed by atoms with van der Waals surface area (Å²) in [6, 6.07) is 0. The molecule has 1 unspecified atom stereocenters. The van der Waals surface area contributed by atoms with Gasteiger partial charge in [-0.1, -0.05) is 11.6 Å². The summed E-state index contributed by atoms with van der Waals surface area (Å²) < 4.78 is 4.66. The minimum atomic E-state index is -1.56. The van der Waals surface area contributed by atoms with E-state index in [-0.39, 0.29) is 0 Å². The third-order valence-electron chi connectivity index (χ3n) is 0.797. The average molecular weight is 153 g/mol. The highest BCUT2D eigenvalue weighted by Crippen LogP contribution is 2.15. The van der Waals surface area contributed by atoms with E-state index < -0.39 is 11.0 Å². The van der Waals surface area contributed by atoms with Crippen LogP contribution in [0.4, 0.5) is 0 Å². The van der Waals surface area contributed by atoms with Crippen molar-refractivity contribution in [3.63, 3.8) is 0 Å². The Labute approximate surface area is 58.6 Å². The number of carbonyl (C=O) groups is 1. The summed E-state index contributed by atoms with van der Waals surface area (Å²) >= 11 is 5.35. The van der Waals surface area contributed by atoms with Crippen molar-refractivity contribution in [3.8, 4) is 0 Å². The van der Waals surface area contributed by atoms with Crippen LogP contribution in [0.3, 0.4) is 0 Å². The van der Waals surface area contributed by atoms with Gasteiger partial charge in [-0.25, -0.2) is 4.79 Å². The van der Waals surface area contributed by atoms with Crippen molar-refractivity contribution >= 4 is 17.6 Å². The summed E-state index contributed by atoms with van der Waals surface area (Å²) in [4.78, 5) is 10.2. The molecule has 54 valence electrons. The molecular weight excluding hydrogens is 144 g/mol. The molecule has 3 nitrogen and oxygen atoms in total. The molecular formula is C5H9ClO3. The van der Waals surface area contributed by atoms with E-state index in [1.807, 2.05) is 0 Å². The lowest BCUT2D eigenvalue weighted by Crippen LogP contribution is -2.31. The maximum absolute atomic E-state index is 10.2. The average Bonchev–Trinajstić information content (AvgIpc) is 1.65. The normalized spacial score (nSPS) is 16.8. The van der Waals surface area contributed by atoms with Gasteiger partial charge in [0.05, 0.1) is 0 Å². The van der Waals surface area contributed by atoms with Gasteiger partial charge >= 0.3 is 5.97 Å². The zero-order valence-electron chi connectivity index (χ0n) is 5.35. The predicted molar refractivity (Wildman–Crippen MR) is 33.5 cm³/mol. The second kappa shape index (κ2) is 3.03. The molecule has 0 radical (unpaired) electrons. The number of carboxylic acids is 1. The van der Waals surface area contributed by atoms with Crippen molar-refractivity contribution in [1.29, 1.82) is 0 Å². The van der Waals surface area contributed by atoms with E-state index in [1.165, 1.54) is 6.92 Å². The number of hydrogen-bond donors (Lipinski definition) is 1. The van der Waals surface area contributed by atoms with Gasteiger partial charge in [0.15, 0.2) is 0 Å². The number of aliphatic carboxylic acids is 1. The van der Waals surface area contributed by atoms with Crippen LogP contribution in [0.5, 0.6) is 0 Å². The summed E-state index contributed by atoms with van der Waals surface area (Å²) in [7, 11) is 0. The van der Waals surface area contributed by atoms with Crippen LogP contribution < -0.4 is 0 Å². The highest BCUT2D eigenvalue weighted by Gasteiger charge is 2.30. The molecule has 9 heavy (non-hydrogen) atoms. The van der Waals surface area contributed by atoms with Gasteiger partial charge in [0.1, 0.15) is 0 Å². The molecule has 0 aromatic carbocycles. The smallest absolute Gasteiger partial charge is 0.351 e. The lowest BCUT2D eigenvalue weighted by molar-refractivity contribution is -0.153. The fourth-order valence-corrected chi connectivity index (χ4v) is 0.442. The zero-order valence-corrected chi connectivity index (χ0v) is 6.10. The van der Waals surface area contributed by atoms with E-state index in [0.717, 1.165) is 0 Å². The topological polar surface area (TPSA) is 46.5 Å². The number of ether oxygens (including phenoxy) is 1. The van der Waals surface area contributed by atoms with Gasteiger partial charge in [0, 0.05) is 6.61 Å². The largest absolute Gasteiger partial charge is 0.478 e. The van der Waals surface area contributed by atoms with Crippen LogP contribution in [0, 0.1) is 0 Å².